The summed E-state index contributed by atoms with van der Waals surface area (Å²) in [4.78, 5) is 8.37. The Morgan fingerprint density at radius 3 is 2.63 bits per heavy atom. The molecule has 3 aromatic rings. The van der Waals surface area contributed by atoms with Gasteiger partial charge in [0.1, 0.15) is 12.4 Å². The fourth-order valence-corrected chi connectivity index (χ4v) is 2.57. The van der Waals surface area contributed by atoms with E-state index < -0.39 is 5.82 Å². The predicted octanol–water partition coefficient (Wildman–Crippen LogP) is 5.16. The van der Waals surface area contributed by atoms with Gasteiger partial charge in [-0.2, -0.15) is 4.99 Å². The van der Waals surface area contributed by atoms with Crippen LogP contribution >= 0.6 is 23.2 Å². The molecule has 3 rings (SSSR count). The van der Waals surface area contributed by atoms with E-state index in [4.69, 9.17) is 33.7 Å². The predicted molar refractivity (Wildman–Crippen MR) is 106 cm³/mol. The number of aliphatic imine (C=N–C) groups is 1. The van der Waals surface area contributed by atoms with Crippen LogP contribution in [0.2, 0.25) is 10.0 Å². The van der Waals surface area contributed by atoms with E-state index in [1.807, 2.05) is 0 Å². The highest BCUT2D eigenvalue weighted by Crippen LogP contribution is 2.27. The van der Waals surface area contributed by atoms with Gasteiger partial charge in [0.05, 0.1) is 5.02 Å². The van der Waals surface area contributed by atoms with Crippen molar-refractivity contribution in [3.63, 3.8) is 0 Å². The molecule has 3 N–H and O–H groups in total. The Bertz CT molecular complexity index is 944. The minimum absolute atomic E-state index is 0.0652. The van der Waals surface area contributed by atoms with Crippen LogP contribution in [0.3, 0.4) is 0 Å². The number of guanidine groups is 1. The molecule has 27 heavy (non-hydrogen) atoms. The van der Waals surface area contributed by atoms with Crippen LogP contribution in [-0.4, -0.2) is 10.9 Å². The Balaban J connectivity index is 1.76. The van der Waals surface area contributed by atoms with E-state index in [0.29, 0.717) is 10.8 Å². The number of halogens is 3. The van der Waals surface area contributed by atoms with Gasteiger partial charge < -0.3 is 15.8 Å². The number of hydrogen-bond acceptors (Lipinski definition) is 3. The van der Waals surface area contributed by atoms with E-state index in [9.17, 15) is 4.39 Å². The zero-order valence-corrected chi connectivity index (χ0v) is 15.5. The van der Waals surface area contributed by atoms with Crippen molar-refractivity contribution in [2.75, 3.05) is 5.32 Å². The number of pyridine rings is 1. The van der Waals surface area contributed by atoms with Gasteiger partial charge in [-0.1, -0.05) is 29.3 Å². The van der Waals surface area contributed by atoms with Crippen LogP contribution in [0.15, 0.2) is 65.8 Å². The van der Waals surface area contributed by atoms with Crippen LogP contribution < -0.4 is 15.8 Å². The average molecular weight is 405 g/mol. The van der Waals surface area contributed by atoms with Gasteiger partial charge in [0.15, 0.2) is 17.5 Å². The summed E-state index contributed by atoms with van der Waals surface area (Å²) in [6, 6.07) is 14.8. The van der Waals surface area contributed by atoms with Crippen LogP contribution in [-0.2, 0) is 6.61 Å². The molecule has 8 heteroatoms. The Hall–Kier alpha value is -2.83. The summed E-state index contributed by atoms with van der Waals surface area (Å²) < 4.78 is 19.5. The quantitative estimate of drug-likeness (QED) is 0.454. The number of nitrogens with two attached hydrogens (primary N) is 1. The van der Waals surface area contributed by atoms with E-state index in [2.05, 4.69) is 15.3 Å². The summed E-state index contributed by atoms with van der Waals surface area (Å²) in [5.74, 6) is 0.270. The third kappa shape index (κ3) is 5.09. The number of benzene rings is 2. The molecule has 5 nitrogen and oxygen atoms in total. The lowest BCUT2D eigenvalue weighted by Crippen LogP contribution is -2.22. The lowest BCUT2D eigenvalue weighted by atomic mass is 10.2. The molecule has 1 heterocycles. The van der Waals surface area contributed by atoms with Gasteiger partial charge in [0, 0.05) is 22.5 Å². The number of anilines is 1. The molecular weight excluding hydrogens is 390 g/mol. The maximum absolute atomic E-state index is 13.9. The zero-order valence-electron chi connectivity index (χ0n) is 14.0. The van der Waals surface area contributed by atoms with Gasteiger partial charge in [0.25, 0.3) is 0 Å². The van der Waals surface area contributed by atoms with Crippen molar-refractivity contribution in [1.82, 2.24) is 4.98 Å². The molecule has 0 aliphatic carbocycles. The lowest BCUT2D eigenvalue weighted by molar-refractivity contribution is 0.300. The van der Waals surface area contributed by atoms with Crippen molar-refractivity contribution in [2.24, 2.45) is 10.7 Å². The highest BCUT2D eigenvalue weighted by atomic mass is 35.5. The fraction of sp³-hybridized carbons (Fsp3) is 0.0526. The van der Waals surface area contributed by atoms with Crippen molar-refractivity contribution in [1.29, 1.82) is 0 Å². The van der Waals surface area contributed by atoms with Crippen LogP contribution in [0, 0.1) is 5.82 Å². The third-order valence-corrected chi connectivity index (χ3v) is 4.13. The van der Waals surface area contributed by atoms with E-state index >= 15 is 0 Å². The van der Waals surface area contributed by atoms with E-state index in [1.165, 1.54) is 12.1 Å². The third-order valence-electron chi connectivity index (χ3n) is 3.53. The van der Waals surface area contributed by atoms with Gasteiger partial charge in [0.2, 0.25) is 0 Å². The van der Waals surface area contributed by atoms with Gasteiger partial charge in [-0.3, -0.25) is 0 Å². The Morgan fingerprint density at radius 2 is 1.89 bits per heavy atom. The molecule has 0 aliphatic rings. The molecule has 2 aromatic carbocycles. The zero-order chi connectivity index (χ0) is 19.2. The molecular formula is C19H15Cl2FN4O. The van der Waals surface area contributed by atoms with E-state index in [1.54, 1.807) is 48.7 Å². The molecule has 0 radical (unpaired) electrons. The number of aromatic nitrogens is 1. The lowest BCUT2D eigenvalue weighted by Gasteiger charge is -2.11. The molecule has 138 valence electrons. The summed E-state index contributed by atoms with van der Waals surface area (Å²) in [5, 5.41) is 3.83. The number of rotatable bonds is 5. The molecule has 0 bridgehead atoms. The van der Waals surface area contributed by atoms with Gasteiger partial charge in [-0.25, -0.2) is 9.37 Å². The first-order valence-corrected chi connectivity index (χ1v) is 8.66. The molecule has 0 saturated carbocycles. The topological polar surface area (TPSA) is 72.5 Å². The van der Waals surface area contributed by atoms with Gasteiger partial charge in [-0.15, -0.1) is 0 Å². The maximum Gasteiger partial charge on any atom is 0.200 e. The standard InChI is InChI=1S/C19H15Cl2FN4O/c20-12-6-8-13(9-7-12)25-19(23)26-18-17(5-2-10-24-18)27-11-14-15(21)3-1-4-16(14)22/h1-10H,11H2,(H3,23,24,25,26). The number of nitrogens with zero attached hydrogens (tertiary/aromatic N) is 2. The minimum atomic E-state index is -0.444. The highest BCUT2D eigenvalue weighted by molar-refractivity contribution is 6.31. The molecule has 0 atom stereocenters. The molecule has 0 fully saturated rings. The molecule has 0 spiro atoms. The first-order chi connectivity index (χ1) is 13.0. The monoisotopic (exact) mass is 404 g/mol. The summed E-state index contributed by atoms with van der Waals surface area (Å²) in [7, 11) is 0. The van der Waals surface area contributed by atoms with Crippen LogP contribution in [0.5, 0.6) is 5.75 Å². The van der Waals surface area contributed by atoms with Crippen LogP contribution in [0.25, 0.3) is 0 Å². The van der Waals surface area contributed by atoms with Crippen LogP contribution in [0.4, 0.5) is 15.9 Å². The minimum Gasteiger partial charge on any atom is -0.485 e. The summed E-state index contributed by atoms with van der Waals surface area (Å²) in [5.41, 5.74) is 6.90. The molecule has 0 unspecified atom stereocenters. The fourth-order valence-electron chi connectivity index (χ4n) is 2.22. The number of ether oxygens (including phenoxy) is 1. The second-order valence-corrected chi connectivity index (χ2v) is 6.29. The second-order valence-electron chi connectivity index (χ2n) is 5.44. The van der Waals surface area contributed by atoms with Gasteiger partial charge in [-0.05, 0) is 48.5 Å². The van der Waals surface area contributed by atoms with E-state index in [0.717, 1.165) is 5.69 Å². The molecule has 0 saturated heterocycles. The van der Waals surface area contributed by atoms with E-state index in [-0.39, 0.29) is 29.0 Å². The Labute approximate surface area is 165 Å². The number of hydrogen-bond donors (Lipinski definition) is 2. The molecule has 0 amide bonds. The van der Waals surface area contributed by atoms with Crippen molar-refractivity contribution in [2.45, 2.75) is 6.61 Å². The number of nitrogens with one attached hydrogen (secondary N) is 1. The molecule has 1 aromatic heterocycles. The first-order valence-electron chi connectivity index (χ1n) is 7.90. The smallest absolute Gasteiger partial charge is 0.200 e. The van der Waals surface area contributed by atoms with Crippen LogP contribution in [0.1, 0.15) is 5.56 Å². The maximum atomic E-state index is 13.9. The summed E-state index contributed by atoms with van der Waals surface area (Å²) in [6.07, 6.45) is 1.55. The van der Waals surface area contributed by atoms with Gasteiger partial charge >= 0.3 is 0 Å². The SMILES string of the molecule is N/C(=N\c1ncccc1OCc1c(F)cccc1Cl)Nc1ccc(Cl)cc1. The Kier molecular flexibility index (Phi) is 6.11. The Morgan fingerprint density at radius 1 is 1.11 bits per heavy atom. The second kappa shape index (κ2) is 8.70. The highest BCUT2D eigenvalue weighted by Gasteiger charge is 2.10. The normalized spacial score (nSPS) is 11.3. The largest absolute Gasteiger partial charge is 0.485 e. The summed E-state index contributed by atoms with van der Waals surface area (Å²) >= 11 is 11.9. The summed E-state index contributed by atoms with van der Waals surface area (Å²) in [6.45, 7) is -0.0652. The first kappa shape index (κ1) is 18.9. The van der Waals surface area contributed by atoms with Crippen molar-refractivity contribution in [3.8, 4) is 5.75 Å². The average Bonchev–Trinajstić information content (AvgIpc) is 2.64. The molecule has 0 aliphatic heterocycles. The van der Waals surface area contributed by atoms with Crippen molar-refractivity contribution < 1.29 is 9.13 Å². The van der Waals surface area contributed by atoms with Crippen molar-refractivity contribution in [3.05, 3.63) is 82.2 Å². The van der Waals surface area contributed by atoms with Crippen molar-refractivity contribution >= 4 is 40.7 Å².